The topological polar surface area (TPSA) is 288 Å². The monoisotopic (exact) mass is 875 g/mol. The number of fused-ring (bicyclic) bond motifs is 2. The lowest BCUT2D eigenvalue weighted by molar-refractivity contribution is -0.141. The van der Waals surface area contributed by atoms with E-state index in [1.165, 1.54) is 24.1 Å². The predicted molar refractivity (Wildman–Crippen MR) is 209 cm³/mol. The Morgan fingerprint density at radius 3 is 2.40 bits per heavy atom. The maximum Gasteiger partial charge on any atom is 0.305 e. The molecule has 0 spiro atoms. The second-order valence-electron chi connectivity index (χ2n) is 12.9. The molecule has 55 heavy (non-hydrogen) atoms. The zero-order chi connectivity index (χ0) is 40.5. The number of aryl methyl sites for hydroxylation is 1. The predicted octanol–water partition coefficient (Wildman–Crippen LogP) is -0.399. The average molecular weight is 876 g/mol. The van der Waals surface area contributed by atoms with Crippen LogP contribution in [0.1, 0.15) is 66.4 Å². The van der Waals surface area contributed by atoms with Gasteiger partial charge in [0.25, 0.3) is 5.91 Å². The number of unbranched alkanes of at least 4 members (excludes halogenated alkanes) is 1. The second kappa shape index (κ2) is 22.0. The first-order valence-corrected chi connectivity index (χ1v) is 18.7. The first-order valence-electron chi connectivity index (χ1n) is 17.7. The van der Waals surface area contributed by atoms with Crippen LogP contribution in [0.2, 0.25) is 0 Å². The van der Waals surface area contributed by atoms with E-state index in [0.717, 1.165) is 5.56 Å². The van der Waals surface area contributed by atoms with Crippen LogP contribution in [-0.4, -0.2) is 107 Å². The summed E-state index contributed by atoms with van der Waals surface area (Å²) in [6.45, 7) is -0.279. The lowest BCUT2D eigenvalue weighted by Gasteiger charge is -2.31. The first-order chi connectivity index (χ1) is 26.1. The van der Waals surface area contributed by atoms with Crippen molar-refractivity contribution in [2.24, 2.45) is 16.5 Å². The molecule has 0 saturated heterocycles. The van der Waals surface area contributed by atoms with Crippen LogP contribution in [0, 0.1) is 3.57 Å². The van der Waals surface area contributed by atoms with Crippen LogP contribution in [0.5, 0.6) is 5.75 Å². The summed E-state index contributed by atoms with van der Waals surface area (Å²) in [4.78, 5) is 96.0. The molecule has 0 aliphatic carbocycles. The number of likely N-dealkylation sites (N-methyl/N-ethyl adjacent to an activating group) is 1. The number of aromatic hydroxyl groups is 1. The molecular formula is C36H48IN9O9. The van der Waals surface area contributed by atoms with Gasteiger partial charge in [-0.2, -0.15) is 0 Å². The quantitative estimate of drug-likeness (QED) is 0.0510. The summed E-state index contributed by atoms with van der Waals surface area (Å²) in [5, 5.41) is 32.0. The molecular weight excluding hydrogens is 827 g/mol. The highest BCUT2D eigenvalue weighted by molar-refractivity contribution is 14.1. The van der Waals surface area contributed by atoms with Crippen molar-refractivity contribution in [2.75, 3.05) is 26.7 Å². The lowest BCUT2D eigenvalue weighted by Crippen LogP contribution is -2.56. The first kappa shape index (κ1) is 43.9. The Bertz CT molecular complexity index is 1750. The van der Waals surface area contributed by atoms with E-state index >= 15 is 0 Å². The molecule has 0 radical (unpaired) electrons. The molecule has 3 atom stereocenters. The second-order valence-corrected chi connectivity index (χ2v) is 14.1. The molecule has 0 saturated carbocycles. The van der Waals surface area contributed by atoms with Gasteiger partial charge in [-0.3, -0.25) is 38.6 Å². The largest absolute Gasteiger partial charge is 0.507 e. The summed E-state index contributed by atoms with van der Waals surface area (Å²) >= 11 is 2.02. The highest BCUT2D eigenvalue weighted by Crippen LogP contribution is 2.21. The highest BCUT2D eigenvalue weighted by atomic mass is 125. The number of phenolic OH excluding ortho intramolecular Hbond substituents is 1. The van der Waals surface area contributed by atoms with Crippen molar-refractivity contribution in [3.05, 3.63) is 62.7 Å². The minimum Gasteiger partial charge on any atom is -0.507 e. The summed E-state index contributed by atoms with van der Waals surface area (Å²) in [6.07, 6.45) is 1.36. The van der Waals surface area contributed by atoms with Crippen LogP contribution in [-0.2, 0) is 41.7 Å². The molecule has 1 aliphatic heterocycles. The number of nitrogens with zero attached hydrogens (tertiary/aromatic N) is 2. The fourth-order valence-corrected chi connectivity index (χ4v) is 6.27. The molecule has 11 N–H and O–H groups in total. The Kier molecular flexibility index (Phi) is 17.6. The fourth-order valence-electron chi connectivity index (χ4n) is 5.69. The summed E-state index contributed by atoms with van der Waals surface area (Å²) in [5.41, 5.74) is 12.4. The number of halogens is 1. The van der Waals surface area contributed by atoms with E-state index in [4.69, 9.17) is 11.5 Å². The van der Waals surface area contributed by atoms with Gasteiger partial charge in [0, 0.05) is 38.7 Å². The summed E-state index contributed by atoms with van der Waals surface area (Å²) in [6, 6.07) is 7.68. The Balaban J connectivity index is 1.80. The van der Waals surface area contributed by atoms with Crippen LogP contribution in [0.25, 0.3) is 0 Å². The molecule has 0 fully saturated rings. The van der Waals surface area contributed by atoms with Crippen molar-refractivity contribution in [3.8, 4) is 5.75 Å². The minimum atomic E-state index is -1.46. The summed E-state index contributed by atoms with van der Waals surface area (Å²) in [5.74, 6) is -5.03. The normalized spacial score (nSPS) is 18.5. The van der Waals surface area contributed by atoms with Gasteiger partial charge >= 0.3 is 5.97 Å². The lowest BCUT2D eigenvalue weighted by atomic mass is 10.0. The Labute approximate surface area is 331 Å². The number of carbonyl (C=O) groups is 7. The van der Waals surface area contributed by atoms with Crippen molar-refractivity contribution in [3.63, 3.8) is 0 Å². The molecule has 1 heterocycles. The van der Waals surface area contributed by atoms with E-state index in [9.17, 15) is 43.8 Å². The molecule has 298 valence electrons. The molecule has 3 rings (SSSR count). The standard InChI is InChI=1S/C36H48IN9O9/c1-46-27(9-5-15-41-36(38)39)34(54)43-20-30(49)44-26(18-31(50)51)33(53)42-19-22-6-4-7-23(16-22)32(52)45-25(35(46)55)8-2-3-14-40-29(48)13-11-21-10-12-28(47)24(37)17-21/h4,6-7,10,12,16-17,25-27,47H,2-3,5,8-9,11,13-15,18-20H2,1H3,(H,40,48)(H,42,53)(H,43,54)(H,44,49)(H,45,52)(H,50,51)(H4,38,39,41)/t25-,26+,27+/m1/s1/i37-2. The smallest absolute Gasteiger partial charge is 0.305 e. The molecule has 6 amide bonds. The van der Waals surface area contributed by atoms with Gasteiger partial charge in [0.05, 0.1) is 16.5 Å². The van der Waals surface area contributed by atoms with Crippen LogP contribution < -0.4 is 38.1 Å². The number of nitrogens with one attached hydrogen (secondary N) is 5. The SMILES string of the molecule is CN1C(=O)[C@@H](CCCCNC(=O)CCc2ccc(O)c([125I])c2)NC(=O)c2cccc(c2)CNC(=O)[C@H](CC(=O)O)NC(=O)CNC(=O)[C@@H]1CCCN=C(N)N. The number of guanidine groups is 1. The molecule has 1 aliphatic rings. The van der Waals surface area contributed by atoms with Crippen LogP contribution in [0.3, 0.4) is 0 Å². The molecule has 2 bridgehead atoms. The van der Waals surface area contributed by atoms with Gasteiger partial charge in [-0.25, -0.2) is 0 Å². The number of benzene rings is 2. The van der Waals surface area contributed by atoms with Crippen molar-refractivity contribution in [1.29, 1.82) is 0 Å². The van der Waals surface area contributed by atoms with Gasteiger partial charge in [0.15, 0.2) is 5.96 Å². The minimum absolute atomic E-state index is 0.0640. The number of phenols is 1. The molecule has 18 nitrogen and oxygen atoms in total. The molecule has 2 aromatic rings. The third-order valence-corrected chi connectivity index (χ3v) is 9.52. The van der Waals surface area contributed by atoms with Crippen LogP contribution in [0.15, 0.2) is 47.5 Å². The molecule has 2 aromatic carbocycles. The number of carboxylic acids is 1. The van der Waals surface area contributed by atoms with E-state index in [-0.39, 0.29) is 62.0 Å². The number of carbonyl (C=O) groups excluding carboxylic acids is 6. The van der Waals surface area contributed by atoms with E-state index in [1.54, 1.807) is 24.3 Å². The van der Waals surface area contributed by atoms with E-state index in [1.807, 2.05) is 28.7 Å². The van der Waals surface area contributed by atoms with Gasteiger partial charge in [0.2, 0.25) is 29.5 Å². The van der Waals surface area contributed by atoms with Crippen molar-refractivity contribution < 1.29 is 43.8 Å². The highest BCUT2D eigenvalue weighted by Gasteiger charge is 2.33. The fraction of sp³-hybridized carbons (Fsp3) is 0.444. The van der Waals surface area contributed by atoms with Gasteiger partial charge < -0.3 is 53.2 Å². The van der Waals surface area contributed by atoms with Crippen molar-refractivity contribution >= 4 is 70.0 Å². The summed E-state index contributed by atoms with van der Waals surface area (Å²) < 4.78 is 0.691. The summed E-state index contributed by atoms with van der Waals surface area (Å²) in [7, 11) is 1.40. The molecule has 0 aromatic heterocycles. The number of hydrogen-bond donors (Lipinski definition) is 9. The third-order valence-electron chi connectivity index (χ3n) is 8.66. The Morgan fingerprint density at radius 1 is 0.945 bits per heavy atom. The Morgan fingerprint density at radius 2 is 1.69 bits per heavy atom. The van der Waals surface area contributed by atoms with Crippen LogP contribution >= 0.6 is 22.6 Å². The third kappa shape index (κ3) is 15.1. The van der Waals surface area contributed by atoms with E-state index in [2.05, 4.69) is 31.6 Å². The number of aliphatic imine (C=N–C) groups is 1. The van der Waals surface area contributed by atoms with Gasteiger partial charge in [-0.05, 0) is 96.5 Å². The van der Waals surface area contributed by atoms with Crippen molar-refractivity contribution in [2.45, 2.75) is 76.0 Å². The number of hydrogen-bond acceptors (Lipinski definition) is 9. The number of carboxylic acid groups (broad SMARTS) is 1. The Hall–Kier alpha value is -5.47. The van der Waals surface area contributed by atoms with Crippen LogP contribution in [0.4, 0.5) is 0 Å². The van der Waals surface area contributed by atoms with Gasteiger partial charge in [0.1, 0.15) is 23.9 Å². The molecule has 19 heteroatoms. The molecule has 0 unspecified atom stereocenters. The maximum absolute atomic E-state index is 14.1. The number of aliphatic carboxylic acids is 1. The van der Waals surface area contributed by atoms with Gasteiger partial charge in [-0.1, -0.05) is 18.2 Å². The average Bonchev–Trinajstić information content (AvgIpc) is 3.14. The zero-order valence-electron chi connectivity index (χ0n) is 30.4. The number of amides is 6. The van der Waals surface area contributed by atoms with Crippen molar-refractivity contribution in [1.82, 2.24) is 31.5 Å². The number of rotatable bonds is 14. The maximum atomic E-state index is 14.1. The van der Waals surface area contributed by atoms with E-state index < -0.39 is 66.6 Å². The zero-order valence-corrected chi connectivity index (χ0v) is 32.6. The van der Waals surface area contributed by atoms with Gasteiger partial charge in [-0.15, -0.1) is 0 Å². The number of nitrogens with two attached hydrogens (primary N) is 2. The van der Waals surface area contributed by atoms with E-state index in [0.29, 0.717) is 34.9 Å².